The van der Waals surface area contributed by atoms with Gasteiger partial charge in [-0.1, -0.05) is 15.9 Å². The van der Waals surface area contributed by atoms with Crippen molar-refractivity contribution < 1.29 is 4.74 Å². The van der Waals surface area contributed by atoms with Gasteiger partial charge in [-0.2, -0.15) is 0 Å². The van der Waals surface area contributed by atoms with Crippen LogP contribution in [0.4, 0.5) is 0 Å². The van der Waals surface area contributed by atoms with Crippen LogP contribution in [-0.2, 0) is 6.54 Å². The van der Waals surface area contributed by atoms with Gasteiger partial charge in [-0.15, -0.1) is 0 Å². The van der Waals surface area contributed by atoms with Gasteiger partial charge < -0.3 is 10.5 Å². The molecular formula is C12H11BrN2O. The van der Waals surface area contributed by atoms with Gasteiger partial charge in [0.1, 0.15) is 11.5 Å². The molecule has 0 unspecified atom stereocenters. The van der Waals surface area contributed by atoms with E-state index in [0.717, 1.165) is 21.5 Å². The summed E-state index contributed by atoms with van der Waals surface area (Å²) in [6, 6.07) is 9.39. The summed E-state index contributed by atoms with van der Waals surface area (Å²) in [6.45, 7) is 0.444. The second-order valence-corrected chi connectivity index (χ2v) is 4.16. The third-order valence-corrected chi connectivity index (χ3v) is 2.61. The minimum atomic E-state index is 0.444. The molecule has 1 aromatic carbocycles. The molecule has 16 heavy (non-hydrogen) atoms. The van der Waals surface area contributed by atoms with E-state index in [1.165, 1.54) is 0 Å². The normalized spacial score (nSPS) is 10.1. The highest BCUT2D eigenvalue weighted by Crippen LogP contribution is 2.27. The van der Waals surface area contributed by atoms with Crippen LogP contribution in [0.3, 0.4) is 0 Å². The van der Waals surface area contributed by atoms with E-state index in [1.807, 2.05) is 30.3 Å². The molecule has 2 rings (SSSR count). The molecule has 0 atom stereocenters. The van der Waals surface area contributed by atoms with Gasteiger partial charge in [0.05, 0.1) is 0 Å². The first-order valence-corrected chi connectivity index (χ1v) is 5.65. The van der Waals surface area contributed by atoms with E-state index in [-0.39, 0.29) is 0 Å². The highest BCUT2D eigenvalue weighted by molar-refractivity contribution is 9.10. The lowest BCUT2D eigenvalue weighted by molar-refractivity contribution is 0.475. The number of hydrogen-bond donors (Lipinski definition) is 1. The van der Waals surface area contributed by atoms with Gasteiger partial charge in [0, 0.05) is 29.0 Å². The van der Waals surface area contributed by atoms with Crippen LogP contribution in [0.15, 0.2) is 47.2 Å². The van der Waals surface area contributed by atoms with E-state index in [2.05, 4.69) is 20.9 Å². The molecule has 0 aliphatic heterocycles. The first-order chi connectivity index (χ1) is 7.79. The molecule has 0 amide bonds. The van der Waals surface area contributed by atoms with E-state index < -0.39 is 0 Å². The molecule has 2 N–H and O–H groups in total. The molecule has 2 aromatic rings. The van der Waals surface area contributed by atoms with E-state index in [0.29, 0.717) is 6.54 Å². The van der Waals surface area contributed by atoms with Crippen molar-refractivity contribution in [3.8, 4) is 11.5 Å². The molecule has 0 bridgehead atoms. The maximum atomic E-state index is 5.71. The van der Waals surface area contributed by atoms with Crippen LogP contribution in [0.2, 0.25) is 0 Å². The Kier molecular flexibility index (Phi) is 3.54. The van der Waals surface area contributed by atoms with Gasteiger partial charge in [-0.3, -0.25) is 4.98 Å². The summed E-state index contributed by atoms with van der Waals surface area (Å²) in [5.41, 5.74) is 6.62. The Balaban J connectivity index is 2.28. The van der Waals surface area contributed by atoms with E-state index in [1.54, 1.807) is 12.4 Å². The molecule has 0 aliphatic carbocycles. The zero-order valence-corrected chi connectivity index (χ0v) is 10.1. The molecule has 82 valence electrons. The number of aromatic nitrogens is 1. The summed E-state index contributed by atoms with van der Waals surface area (Å²) < 4.78 is 6.71. The van der Waals surface area contributed by atoms with Crippen LogP contribution in [0.1, 0.15) is 5.56 Å². The van der Waals surface area contributed by atoms with Crippen LogP contribution < -0.4 is 10.5 Å². The number of nitrogens with zero attached hydrogens (tertiary/aromatic N) is 1. The van der Waals surface area contributed by atoms with Crippen LogP contribution in [0, 0.1) is 0 Å². The van der Waals surface area contributed by atoms with Gasteiger partial charge in [0.2, 0.25) is 0 Å². The molecule has 3 nitrogen and oxygen atoms in total. The van der Waals surface area contributed by atoms with Crippen molar-refractivity contribution in [2.75, 3.05) is 0 Å². The van der Waals surface area contributed by atoms with Crippen molar-refractivity contribution in [3.63, 3.8) is 0 Å². The number of halogens is 1. The average Bonchev–Trinajstić information content (AvgIpc) is 2.33. The Labute approximate surface area is 102 Å². The van der Waals surface area contributed by atoms with Crippen LogP contribution >= 0.6 is 15.9 Å². The van der Waals surface area contributed by atoms with Crippen molar-refractivity contribution in [2.24, 2.45) is 5.73 Å². The number of pyridine rings is 1. The zero-order valence-electron chi connectivity index (χ0n) is 8.56. The Bertz CT molecular complexity index is 474. The van der Waals surface area contributed by atoms with Gasteiger partial charge in [0.25, 0.3) is 0 Å². The Morgan fingerprint density at radius 2 is 1.94 bits per heavy atom. The number of benzene rings is 1. The lowest BCUT2D eigenvalue weighted by Crippen LogP contribution is -1.99. The first kappa shape index (κ1) is 11.1. The zero-order chi connectivity index (χ0) is 11.4. The quantitative estimate of drug-likeness (QED) is 0.939. The summed E-state index contributed by atoms with van der Waals surface area (Å²) in [7, 11) is 0. The van der Waals surface area contributed by atoms with Gasteiger partial charge in [-0.05, 0) is 30.3 Å². The summed E-state index contributed by atoms with van der Waals surface area (Å²) in [6.07, 6.45) is 3.38. The average molecular weight is 279 g/mol. The molecule has 4 heteroatoms. The lowest BCUT2D eigenvalue weighted by Gasteiger charge is -2.09. The van der Waals surface area contributed by atoms with Crippen molar-refractivity contribution >= 4 is 15.9 Å². The fourth-order valence-electron chi connectivity index (χ4n) is 1.34. The highest BCUT2D eigenvalue weighted by Gasteiger charge is 2.04. The smallest absolute Gasteiger partial charge is 0.131 e. The van der Waals surface area contributed by atoms with Gasteiger partial charge >= 0.3 is 0 Å². The number of rotatable bonds is 3. The summed E-state index contributed by atoms with van der Waals surface area (Å²) >= 11 is 3.40. The Morgan fingerprint density at radius 1 is 1.19 bits per heavy atom. The van der Waals surface area contributed by atoms with Crippen molar-refractivity contribution in [1.29, 1.82) is 0 Å². The SMILES string of the molecule is NCc1cc(Br)ccc1Oc1ccncc1. The van der Waals surface area contributed by atoms with E-state index in [9.17, 15) is 0 Å². The fraction of sp³-hybridized carbons (Fsp3) is 0.0833. The maximum absolute atomic E-state index is 5.71. The van der Waals surface area contributed by atoms with Crippen molar-refractivity contribution in [1.82, 2.24) is 4.98 Å². The minimum absolute atomic E-state index is 0.444. The number of hydrogen-bond acceptors (Lipinski definition) is 3. The molecular weight excluding hydrogens is 268 g/mol. The van der Waals surface area contributed by atoms with Crippen LogP contribution in [-0.4, -0.2) is 4.98 Å². The van der Waals surface area contributed by atoms with E-state index in [4.69, 9.17) is 10.5 Å². The second kappa shape index (κ2) is 5.09. The maximum Gasteiger partial charge on any atom is 0.131 e. The molecule has 0 saturated carbocycles. The Morgan fingerprint density at radius 3 is 2.62 bits per heavy atom. The van der Waals surface area contributed by atoms with Crippen molar-refractivity contribution in [2.45, 2.75) is 6.54 Å². The first-order valence-electron chi connectivity index (χ1n) is 4.86. The van der Waals surface area contributed by atoms with Crippen LogP contribution in [0.5, 0.6) is 11.5 Å². The third kappa shape index (κ3) is 2.59. The molecule has 0 aliphatic rings. The van der Waals surface area contributed by atoms with Crippen LogP contribution in [0.25, 0.3) is 0 Å². The summed E-state index contributed by atoms with van der Waals surface area (Å²) in [4.78, 5) is 3.93. The summed E-state index contributed by atoms with van der Waals surface area (Å²) in [5.74, 6) is 1.53. The molecule has 1 heterocycles. The molecule has 0 spiro atoms. The molecule has 0 fully saturated rings. The predicted octanol–water partition coefficient (Wildman–Crippen LogP) is 3.10. The number of nitrogens with two attached hydrogens (primary N) is 1. The fourth-order valence-corrected chi connectivity index (χ4v) is 1.75. The van der Waals surface area contributed by atoms with Gasteiger partial charge in [-0.25, -0.2) is 0 Å². The Hall–Kier alpha value is -1.39. The largest absolute Gasteiger partial charge is 0.457 e. The van der Waals surface area contributed by atoms with E-state index >= 15 is 0 Å². The predicted molar refractivity (Wildman–Crippen MR) is 66.3 cm³/mol. The number of ether oxygens (including phenoxy) is 1. The minimum Gasteiger partial charge on any atom is -0.457 e. The van der Waals surface area contributed by atoms with Crippen molar-refractivity contribution in [3.05, 3.63) is 52.8 Å². The third-order valence-electron chi connectivity index (χ3n) is 2.12. The lowest BCUT2D eigenvalue weighted by atomic mass is 10.2. The molecule has 0 radical (unpaired) electrons. The van der Waals surface area contributed by atoms with Gasteiger partial charge in [0.15, 0.2) is 0 Å². The summed E-state index contributed by atoms with van der Waals surface area (Å²) in [5, 5.41) is 0. The monoisotopic (exact) mass is 278 g/mol. The second-order valence-electron chi connectivity index (χ2n) is 3.24. The topological polar surface area (TPSA) is 48.1 Å². The molecule has 0 saturated heterocycles. The highest BCUT2D eigenvalue weighted by atomic mass is 79.9. The molecule has 1 aromatic heterocycles. The standard InChI is InChI=1S/C12H11BrN2O/c13-10-1-2-12(9(7-10)8-14)16-11-3-5-15-6-4-11/h1-7H,8,14H2.